The van der Waals surface area contributed by atoms with Gasteiger partial charge in [-0.2, -0.15) is 0 Å². The summed E-state index contributed by atoms with van der Waals surface area (Å²) in [6, 6.07) is 8.36. The molecule has 1 unspecified atom stereocenters. The van der Waals surface area contributed by atoms with Crippen LogP contribution >= 0.6 is 11.3 Å². The van der Waals surface area contributed by atoms with Crippen LogP contribution in [0.3, 0.4) is 0 Å². The predicted molar refractivity (Wildman–Crippen MR) is 94.1 cm³/mol. The summed E-state index contributed by atoms with van der Waals surface area (Å²) >= 11 is 1.72. The molecule has 0 radical (unpaired) electrons. The first-order chi connectivity index (χ1) is 11.1. The molecule has 6 heteroatoms. The van der Waals surface area contributed by atoms with E-state index in [2.05, 4.69) is 16.3 Å². The summed E-state index contributed by atoms with van der Waals surface area (Å²) in [5.41, 5.74) is 1.05. The number of fused-ring (bicyclic) bond motifs is 1. The van der Waals surface area contributed by atoms with Gasteiger partial charge < -0.3 is 15.0 Å². The number of nitrogens with zero attached hydrogens (tertiary/aromatic N) is 2. The summed E-state index contributed by atoms with van der Waals surface area (Å²) in [5.74, 6) is -0.0325. The van der Waals surface area contributed by atoms with Crippen molar-refractivity contribution in [2.24, 2.45) is 0 Å². The van der Waals surface area contributed by atoms with Gasteiger partial charge in [0, 0.05) is 19.1 Å². The van der Waals surface area contributed by atoms with E-state index in [-0.39, 0.29) is 24.7 Å². The second-order valence-electron chi connectivity index (χ2n) is 6.18. The third-order valence-electron chi connectivity index (χ3n) is 3.89. The van der Waals surface area contributed by atoms with E-state index in [0.717, 1.165) is 36.6 Å². The summed E-state index contributed by atoms with van der Waals surface area (Å²) in [5, 5.41) is 4.12. The van der Waals surface area contributed by atoms with E-state index in [9.17, 15) is 4.79 Å². The number of thiazole rings is 1. The van der Waals surface area contributed by atoms with Gasteiger partial charge in [-0.15, -0.1) is 0 Å². The Balaban J connectivity index is 1.60. The molecule has 1 aliphatic heterocycles. The number of ether oxygens (including phenoxy) is 1. The molecule has 1 aromatic carbocycles. The number of hydrogen-bond donors (Lipinski definition) is 1. The lowest BCUT2D eigenvalue weighted by Gasteiger charge is -2.33. The first kappa shape index (κ1) is 16.2. The van der Waals surface area contributed by atoms with Gasteiger partial charge in [0.05, 0.1) is 16.3 Å². The van der Waals surface area contributed by atoms with E-state index in [1.54, 1.807) is 11.3 Å². The summed E-state index contributed by atoms with van der Waals surface area (Å²) in [6.07, 6.45) is 2.15. The Kier molecular flexibility index (Phi) is 5.13. The summed E-state index contributed by atoms with van der Waals surface area (Å²) < 4.78 is 6.57. The molecule has 0 aliphatic carbocycles. The number of carbonyl (C=O) groups is 1. The van der Waals surface area contributed by atoms with Crippen LogP contribution < -0.4 is 10.2 Å². The number of anilines is 1. The predicted octanol–water partition coefficient (Wildman–Crippen LogP) is 2.81. The molecular formula is C17H23N3O2S. The summed E-state index contributed by atoms with van der Waals surface area (Å²) in [4.78, 5) is 18.9. The maximum Gasteiger partial charge on any atom is 0.246 e. The average molecular weight is 333 g/mol. The van der Waals surface area contributed by atoms with E-state index in [1.807, 2.05) is 32.0 Å². The van der Waals surface area contributed by atoms with Gasteiger partial charge in [-0.1, -0.05) is 23.5 Å². The third-order valence-corrected chi connectivity index (χ3v) is 4.98. The summed E-state index contributed by atoms with van der Waals surface area (Å²) in [6.45, 7) is 5.81. The average Bonchev–Trinajstić information content (AvgIpc) is 2.97. The Bertz CT molecular complexity index is 638. The van der Waals surface area contributed by atoms with E-state index < -0.39 is 0 Å². The fourth-order valence-electron chi connectivity index (χ4n) is 2.78. The standard InChI is InChI=1S/C17H23N3O2S/c1-12(2)22-11-16(21)18-13-6-5-9-20(10-13)17-19-14-7-3-4-8-15(14)23-17/h3-4,7-8,12-13H,5-6,9-11H2,1-2H3,(H,18,21). The maximum atomic E-state index is 11.9. The Morgan fingerprint density at radius 3 is 3.09 bits per heavy atom. The number of piperidine rings is 1. The molecule has 1 aromatic heterocycles. The first-order valence-electron chi connectivity index (χ1n) is 8.13. The maximum absolute atomic E-state index is 11.9. The van der Waals surface area contributed by atoms with Gasteiger partial charge in [-0.05, 0) is 38.8 Å². The van der Waals surface area contributed by atoms with Crippen LogP contribution in [0.1, 0.15) is 26.7 Å². The van der Waals surface area contributed by atoms with Crippen LogP contribution in [0.5, 0.6) is 0 Å². The fourth-order valence-corrected chi connectivity index (χ4v) is 3.78. The van der Waals surface area contributed by atoms with Crippen LogP contribution in [0.15, 0.2) is 24.3 Å². The van der Waals surface area contributed by atoms with Crippen LogP contribution in [0.4, 0.5) is 5.13 Å². The molecule has 1 atom stereocenters. The zero-order valence-electron chi connectivity index (χ0n) is 13.6. The molecule has 1 aliphatic rings. The van der Waals surface area contributed by atoms with Crippen molar-refractivity contribution in [3.63, 3.8) is 0 Å². The number of carbonyl (C=O) groups excluding carboxylic acids is 1. The lowest BCUT2D eigenvalue weighted by atomic mass is 10.1. The number of hydrogen-bond acceptors (Lipinski definition) is 5. The molecule has 3 rings (SSSR count). The largest absolute Gasteiger partial charge is 0.369 e. The second kappa shape index (κ2) is 7.27. The van der Waals surface area contributed by atoms with Gasteiger partial charge >= 0.3 is 0 Å². The number of benzene rings is 1. The van der Waals surface area contributed by atoms with Gasteiger partial charge in [0.25, 0.3) is 0 Å². The highest BCUT2D eigenvalue weighted by molar-refractivity contribution is 7.22. The van der Waals surface area contributed by atoms with Gasteiger partial charge in [0.1, 0.15) is 6.61 Å². The van der Waals surface area contributed by atoms with Crippen molar-refractivity contribution in [1.29, 1.82) is 0 Å². The second-order valence-corrected chi connectivity index (χ2v) is 7.19. The third kappa shape index (κ3) is 4.20. The van der Waals surface area contributed by atoms with E-state index in [4.69, 9.17) is 9.72 Å². The molecule has 2 aromatic rings. The minimum atomic E-state index is -0.0325. The van der Waals surface area contributed by atoms with Gasteiger partial charge in [-0.25, -0.2) is 4.98 Å². The Hall–Kier alpha value is -1.66. The molecule has 5 nitrogen and oxygen atoms in total. The topological polar surface area (TPSA) is 54.5 Å². The highest BCUT2D eigenvalue weighted by atomic mass is 32.1. The van der Waals surface area contributed by atoms with Gasteiger partial charge in [-0.3, -0.25) is 4.79 Å². The SMILES string of the molecule is CC(C)OCC(=O)NC1CCCN(c2nc3ccccc3s2)C1. The van der Waals surface area contributed by atoms with E-state index in [1.165, 1.54) is 4.70 Å². The van der Waals surface area contributed by atoms with Crippen molar-refractivity contribution < 1.29 is 9.53 Å². The smallest absolute Gasteiger partial charge is 0.246 e. The van der Waals surface area contributed by atoms with Crippen LogP contribution in [-0.4, -0.2) is 42.7 Å². The summed E-state index contributed by atoms with van der Waals surface area (Å²) in [7, 11) is 0. The molecule has 1 N–H and O–H groups in total. The zero-order chi connectivity index (χ0) is 16.2. The molecule has 2 heterocycles. The number of nitrogens with one attached hydrogen (secondary N) is 1. The van der Waals surface area contributed by atoms with E-state index >= 15 is 0 Å². The minimum absolute atomic E-state index is 0.0325. The van der Waals surface area contributed by atoms with Crippen molar-refractivity contribution in [2.45, 2.75) is 38.8 Å². The van der Waals surface area contributed by atoms with Crippen molar-refractivity contribution in [1.82, 2.24) is 10.3 Å². The molecule has 0 spiro atoms. The highest BCUT2D eigenvalue weighted by Gasteiger charge is 2.23. The van der Waals surface area contributed by atoms with Gasteiger partial charge in [0.2, 0.25) is 5.91 Å². The molecule has 124 valence electrons. The monoisotopic (exact) mass is 333 g/mol. The van der Waals surface area contributed by atoms with Gasteiger partial charge in [0.15, 0.2) is 5.13 Å². The lowest BCUT2D eigenvalue weighted by Crippen LogP contribution is -2.48. The van der Waals surface area contributed by atoms with Crippen molar-refractivity contribution >= 4 is 32.6 Å². The molecule has 1 fully saturated rings. The molecule has 0 bridgehead atoms. The van der Waals surface area contributed by atoms with Crippen molar-refractivity contribution in [2.75, 3.05) is 24.6 Å². The highest BCUT2D eigenvalue weighted by Crippen LogP contribution is 2.30. The molecule has 0 saturated carbocycles. The normalized spacial score (nSPS) is 18.6. The zero-order valence-corrected chi connectivity index (χ0v) is 14.4. The number of amides is 1. The quantitative estimate of drug-likeness (QED) is 0.914. The lowest BCUT2D eigenvalue weighted by molar-refractivity contribution is -0.127. The van der Waals surface area contributed by atoms with Crippen LogP contribution in [0, 0.1) is 0 Å². The van der Waals surface area contributed by atoms with Crippen LogP contribution in [0.25, 0.3) is 10.2 Å². The number of para-hydroxylation sites is 1. The molecule has 1 amide bonds. The first-order valence-corrected chi connectivity index (χ1v) is 8.95. The Labute approximate surface area is 140 Å². The van der Waals surface area contributed by atoms with Crippen molar-refractivity contribution in [3.8, 4) is 0 Å². The number of aromatic nitrogens is 1. The van der Waals surface area contributed by atoms with Crippen LogP contribution in [0.2, 0.25) is 0 Å². The van der Waals surface area contributed by atoms with Crippen molar-refractivity contribution in [3.05, 3.63) is 24.3 Å². The van der Waals surface area contributed by atoms with E-state index in [0.29, 0.717) is 0 Å². The Morgan fingerprint density at radius 2 is 2.30 bits per heavy atom. The fraction of sp³-hybridized carbons (Fsp3) is 0.529. The molecular weight excluding hydrogens is 310 g/mol. The van der Waals surface area contributed by atoms with Crippen LogP contribution in [-0.2, 0) is 9.53 Å². The molecule has 23 heavy (non-hydrogen) atoms. The number of rotatable bonds is 5. The Morgan fingerprint density at radius 1 is 1.48 bits per heavy atom. The minimum Gasteiger partial charge on any atom is -0.369 e. The molecule has 1 saturated heterocycles.